The highest BCUT2D eigenvalue weighted by Gasteiger charge is 2.71. The van der Waals surface area contributed by atoms with Crippen molar-refractivity contribution < 1.29 is 0 Å². The van der Waals surface area contributed by atoms with Gasteiger partial charge in [0.1, 0.15) is 0 Å². The maximum atomic E-state index is 9.55. The van der Waals surface area contributed by atoms with Gasteiger partial charge in [0, 0.05) is 11.8 Å². The Balaban J connectivity index is 2.32. The average molecular weight is 246 g/mol. The van der Waals surface area contributed by atoms with Crippen molar-refractivity contribution in [1.29, 1.82) is 21.0 Å². The van der Waals surface area contributed by atoms with E-state index in [1.165, 1.54) is 0 Å². The van der Waals surface area contributed by atoms with Crippen LogP contribution in [0.1, 0.15) is 6.42 Å². The largest absolute Gasteiger partial charge is 0.196 e. The van der Waals surface area contributed by atoms with Crippen LogP contribution in [0.2, 0.25) is 0 Å². The Morgan fingerprint density at radius 2 is 1.32 bits per heavy atom. The van der Waals surface area contributed by atoms with Crippen LogP contribution in [-0.2, 0) is 0 Å². The molecule has 1 fully saturated rings. The first-order valence-electron chi connectivity index (χ1n) is 6.20. The van der Waals surface area contributed by atoms with Gasteiger partial charge in [0.25, 0.3) is 0 Å². The molecule has 0 unspecified atom stereocenters. The van der Waals surface area contributed by atoms with Gasteiger partial charge in [0.05, 0.1) is 24.3 Å². The fraction of sp³-hybridized carbons (Fsp3) is 0.467. The first-order valence-corrected chi connectivity index (χ1v) is 6.20. The first kappa shape index (κ1) is 11.5. The van der Waals surface area contributed by atoms with Gasteiger partial charge < -0.3 is 0 Å². The molecule has 0 aliphatic heterocycles. The van der Waals surface area contributed by atoms with E-state index in [4.69, 9.17) is 0 Å². The second-order valence-corrected chi connectivity index (χ2v) is 5.40. The van der Waals surface area contributed by atoms with Crippen molar-refractivity contribution >= 4 is 0 Å². The Bertz CT molecular complexity index is 630. The van der Waals surface area contributed by atoms with Crippen LogP contribution in [0.4, 0.5) is 0 Å². The van der Waals surface area contributed by atoms with Crippen LogP contribution in [-0.4, -0.2) is 0 Å². The average Bonchev–Trinajstić information content (AvgIpc) is 2.96. The summed E-state index contributed by atoms with van der Waals surface area (Å²) in [5.74, 6) is -0.435. The number of nitriles is 4. The van der Waals surface area contributed by atoms with E-state index in [9.17, 15) is 21.0 Å². The van der Waals surface area contributed by atoms with E-state index in [2.05, 4.69) is 0 Å². The zero-order valence-electron chi connectivity index (χ0n) is 10.1. The second-order valence-electron chi connectivity index (χ2n) is 5.40. The van der Waals surface area contributed by atoms with Gasteiger partial charge in [-0.1, -0.05) is 24.3 Å². The molecule has 4 aliphatic carbocycles. The van der Waals surface area contributed by atoms with Crippen molar-refractivity contribution in [2.75, 3.05) is 0 Å². The molecule has 1 saturated carbocycles. The topological polar surface area (TPSA) is 95.2 Å². The number of nitrogens with zero attached hydrogens (tertiary/aromatic N) is 4. The van der Waals surface area contributed by atoms with E-state index in [0.29, 0.717) is 0 Å². The van der Waals surface area contributed by atoms with Crippen molar-refractivity contribution in [2.45, 2.75) is 6.42 Å². The van der Waals surface area contributed by atoms with Crippen LogP contribution in [0.15, 0.2) is 24.3 Å². The van der Waals surface area contributed by atoms with Crippen molar-refractivity contribution in [2.24, 2.45) is 34.5 Å². The van der Waals surface area contributed by atoms with E-state index < -0.39 is 10.8 Å². The summed E-state index contributed by atoms with van der Waals surface area (Å²) in [6.07, 6.45) is 8.62. The minimum Gasteiger partial charge on any atom is -0.196 e. The summed E-state index contributed by atoms with van der Waals surface area (Å²) in [5, 5.41) is 38.2. The van der Waals surface area contributed by atoms with Gasteiger partial charge in [-0.15, -0.1) is 0 Å². The minimum atomic E-state index is -1.56. The number of hydrogen-bond acceptors (Lipinski definition) is 4. The van der Waals surface area contributed by atoms with Gasteiger partial charge in [0.2, 0.25) is 0 Å². The summed E-state index contributed by atoms with van der Waals surface area (Å²) >= 11 is 0. The van der Waals surface area contributed by atoms with Crippen LogP contribution in [0, 0.1) is 79.8 Å². The molecule has 0 saturated heterocycles. The van der Waals surface area contributed by atoms with Gasteiger partial charge in [-0.2, -0.15) is 21.0 Å². The predicted molar refractivity (Wildman–Crippen MR) is 64.2 cm³/mol. The molecule has 0 amide bonds. The van der Waals surface area contributed by atoms with Crippen molar-refractivity contribution in [3.63, 3.8) is 0 Å². The zero-order valence-corrected chi connectivity index (χ0v) is 10.1. The van der Waals surface area contributed by atoms with E-state index in [1.807, 2.05) is 48.6 Å². The molecule has 4 nitrogen and oxygen atoms in total. The highest BCUT2D eigenvalue weighted by molar-refractivity contribution is 5.46. The number of rotatable bonds is 0. The molecule has 90 valence electrons. The highest BCUT2D eigenvalue weighted by atomic mass is 14.7. The lowest BCUT2D eigenvalue weighted by Crippen LogP contribution is -2.59. The van der Waals surface area contributed by atoms with Crippen LogP contribution in [0.25, 0.3) is 0 Å². The van der Waals surface area contributed by atoms with Gasteiger partial charge >= 0.3 is 0 Å². The van der Waals surface area contributed by atoms with E-state index in [-0.39, 0.29) is 23.7 Å². The van der Waals surface area contributed by atoms with Crippen LogP contribution >= 0.6 is 0 Å². The number of fused-ring (bicyclic) bond motifs is 1. The summed E-state index contributed by atoms with van der Waals surface area (Å²) in [4.78, 5) is 0. The second kappa shape index (κ2) is 3.47. The lowest BCUT2D eigenvalue weighted by molar-refractivity contribution is 0.0102. The third-order valence-corrected chi connectivity index (χ3v) is 4.99. The van der Waals surface area contributed by atoms with E-state index in [0.717, 1.165) is 6.42 Å². The molecule has 0 N–H and O–H groups in total. The summed E-state index contributed by atoms with van der Waals surface area (Å²) in [6.45, 7) is 0. The smallest absolute Gasteiger partial charge is 0.182 e. The zero-order chi connectivity index (χ0) is 13.7. The molecule has 0 aromatic rings. The monoisotopic (exact) mass is 246 g/mol. The third-order valence-electron chi connectivity index (χ3n) is 4.99. The van der Waals surface area contributed by atoms with Crippen molar-refractivity contribution in [3.8, 4) is 24.3 Å². The molecule has 0 aromatic heterocycles. The predicted octanol–water partition coefficient (Wildman–Crippen LogP) is 2.06. The molecule has 2 bridgehead atoms. The number of allylic oxidation sites excluding steroid dienone is 4. The Morgan fingerprint density at radius 3 is 1.89 bits per heavy atom. The molecule has 4 rings (SSSR count). The minimum absolute atomic E-state index is 0.101. The lowest BCUT2D eigenvalue weighted by Gasteiger charge is -2.54. The molecule has 19 heavy (non-hydrogen) atoms. The number of hydrogen-bond donors (Lipinski definition) is 0. The molecule has 4 atom stereocenters. The SMILES string of the molecule is N#CC1(C#N)[C@H]2C=C[C@@H]([C@H]3CC=C[C@@H]32)C1(C#N)C#N. The summed E-state index contributed by atoms with van der Waals surface area (Å²) in [5.41, 5.74) is -3.12. The summed E-state index contributed by atoms with van der Waals surface area (Å²) in [6, 6.07) is 8.06. The van der Waals surface area contributed by atoms with E-state index in [1.54, 1.807) is 0 Å². The summed E-state index contributed by atoms with van der Waals surface area (Å²) < 4.78 is 0. The van der Waals surface area contributed by atoms with Crippen LogP contribution in [0.3, 0.4) is 0 Å². The Hall–Kier alpha value is -2.56. The quantitative estimate of drug-likeness (QED) is 0.611. The van der Waals surface area contributed by atoms with Gasteiger partial charge in [-0.05, 0) is 18.3 Å². The maximum absolute atomic E-state index is 9.55. The van der Waals surface area contributed by atoms with Crippen LogP contribution < -0.4 is 0 Å². The first-order chi connectivity index (χ1) is 9.20. The Morgan fingerprint density at radius 1 is 0.789 bits per heavy atom. The molecule has 0 aromatic carbocycles. The summed E-state index contributed by atoms with van der Waals surface area (Å²) in [7, 11) is 0. The van der Waals surface area contributed by atoms with Gasteiger partial charge in [-0.25, -0.2) is 0 Å². The van der Waals surface area contributed by atoms with E-state index >= 15 is 0 Å². The molecule has 0 heterocycles. The Kier molecular flexibility index (Phi) is 2.11. The third kappa shape index (κ3) is 0.977. The lowest BCUT2D eigenvalue weighted by atomic mass is 9.42. The van der Waals surface area contributed by atoms with Gasteiger partial charge in [0.15, 0.2) is 10.8 Å². The standard InChI is InChI=1S/C15H10N4/c16-6-14(7-17)12-4-5-13(15(14,8-18)9-19)11-3-1-2-10(11)12/h1-2,4-5,10-13H,3H2/t10-,11-,12-,13-/m0/s1. The molecule has 0 spiro atoms. The van der Waals surface area contributed by atoms with Crippen molar-refractivity contribution in [3.05, 3.63) is 24.3 Å². The maximum Gasteiger partial charge on any atom is 0.182 e. The fourth-order valence-corrected chi connectivity index (χ4v) is 4.10. The fourth-order valence-electron chi connectivity index (χ4n) is 4.10. The van der Waals surface area contributed by atoms with Crippen molar-refractivity contribution in [1.82, 2.24) is 0 Å². The molecule has 4 aliphatic rings. The highest BCUT2D eigenvalue weighted by Crippen LogP contribution is 2.65. The van der Waals surface area contributed by atoms with Gasteiger partial charge in [-0.3, -0.25) is 0 Å². The molecular formula is C15H10N4. The molecule has 0 radical (unpaired) electrons. The molecular weight excluding hydrogens is 236 g/mol. The van der Waals surface area contributed by atoms with Crippen LogP contribution in [0.5, 0.6) is 0 Å². The molecule has 4 heteroatoms. The normalized spacial score (nSPS) is 38.5. The Labute approximate surface area is 111 Å².